The number of hydrogen-bond acceptors (Lipinski definition) is 3. The van der Waals surface area contributed by atoms with Gasteiger partial charge in [-0.2, -0.15) is 0 Å². The van der Waals surface area contributed by atoms with Gasteiger partial charge in [0.15, 0.2) is 0 Å². The molecule has 0 bridgehead atoms. The molecule has 0 saturated carbocycles. The molecule has 2 aromatic heterocycles. The van der Waals surface area contributed by atoms with Crippen LogP contribution in [0.25, 0.3) is 15.9 Å². The molecule has 0 spiro atoms. The van der Waals surface area contributed by atoms with E-state index in [1.54, 1.807) is 15.9 Å². The number of rotatable bonds is 3. The normalized spacial score (nSPS) is 13.8. The lowest BCUT2D eigenvalue weighted by atomic mass is 10.1. The van der Waals surface area contributed by atoms with E-state index in [-0.39, 0.29) is 11.2 Å². The molecule has 0 atom stereocenters. The highest BCUT2D eigenvalue weighted by Gasteiger charge is 2.23. The van der Waals surface area contributed by atoms with Gasteiger partial charge in [0.05, 0.1) is 17.6 Å². The number of fused-ring (bicyclic) bond motifs is 3. The van der Waals surface area contributed by atoms with Crippen molar-refractivity contribution in [3.63, 3.8) is 0 Å². The van der Waals surface area contributed by atoms with Crippen molar-refractivity contribution in [1.29, 1.82) is 0 Å². The number of hydrogen-bond donors (Lipinski definition) is 0. The largest absolute Gasteiger partial charge is 0.337 e. The molecule has 2 aromatic carbocycles. The monoisotopic (exact) mass is 464 g/mol. The fourth-order valence-electron chi connectivity index (χ4n) is 4.59. The molecular weight excluding hydrogens is 440 g/mol. The molecule has 164 valence electrons. The van der Waals surface area contributed by atoms with Crippen LogP contribution in [0.1, 0.15) is 46.4 Å². The van der Waals surface area contributed by atoms with E-state index in [2.05, 4.69) is 0 Å². The smallest absolute Gasteiger partial charge is 0.279 e. The molecule has 32 heavy (non-hydrogen) atoms. The van der Waals surface area contributed by atoms with Crippen LogP contribution in [-0.2, 0) is 19.4 Å². The minimum atomic E-state index is -0.304. The van der Waals surface area contributed by atoms with Crippen molar-refractivity contribution >= 4 is 33.2 Å². The number of thiophene rings is 1. The third kappa shape index (κ3) is 3.63. The Labute approximate surface area is 195 Å². The first kappa shape index (κ1) is 21.2. The zero-order valence-electron chi connectivity index (χ0n) is 18.3. The summed E-state index contributed by atoms with van der Waals surface area (Å²) in [6.45, 7) is 4.41. The van der Waals surface area contributed by atoms with Crippen LogP contribution in [0, 0.1) is 13.8 Å². The van der Waals surface area contributed by atoms with Gasteiger partial charge in [-0.1, -0.05) is 36.2 Å². The van der Waals surface area contributed by atoms with Crippen LogP contribution in [0.3, 0.4) is 0 Å². The molecular formula is C26H25ClN2O2S. The van der Waals surface area contributed by atoms with E-state index in [0.29, 0.717) is 22.6 Å². The zero-order chi connectivity index (χ0) is 22.4. The second-order valence-electron chi connectivity index (χ2n) is 8.65. The van der Waals surface area contributed by atoms with E-state index in [0.717, 1.165) is 52.8 Å². The fourth-order valence-corrected chi connectivity index (χ4v) is 6.18. The summed E-state index contributed by atoms with van der Waals surface area (Å²) in [4.78, 5) is 29.6. The molecule has 4 aromatic rings. The average molecular weight is 465 g/mol. The molecule has 0 aliphatic heterocycles. The van der Waals surface area contributed by atoms with Gasteiger partial charge in [-0.15, -0.1) is 11.3 Å². The lowest BCUT2D eigenvalue weighted by molar-refractivity contribution is 0.708. The van der Waals surface area contributed by atoms with Crippen molar-refractivity contribution in [3.05, 3.63) is 95.5 Å². The van der Waals surface area contributed by atoms with E-state index >= 15 is 0 Å². The van der Waals surface area contributed by atoms with Gasteiger partial charge < -0.3 is 0 Å². The molecule has 0 amide bonds. The third-order valence-electron chi connectivity index (χ3n) is 6.47. The van der Waals surface area contributed by atoms with Gasteiger partial charge in [-0.3, -0.25) is 9.36 Å². The van der Waals surface area contributed by atoms with Gasteiger partial charge in [-0.05, 0) is 86.1 Å². The van der Waals surface area contributed by atoms with E-state index in [1.165, 1.54) is 15.9 Å². The van der Waals surface area contributed by atoms with Crippen molar-refractivity contribution in [2.75, 3.05) is 0 Å². The molecule has 5 rings (SSSR count). The molecule has 1 aliphatic rings. The number of halogens is 1. The van der Waals surface area contributed by atoms with E-state index in [1.807, 2.05) is 56.3 Å². The first-order chi connectivity index (χ1) is 15.4. The summed E-state index contributed by atoms with van der Waals surface area (Å²) >= 11 is 7.83. The standard InChI is InChI=1S/C26H25ClN2O2S/c1-16-11-12-20(13-17(16)2)29-24(30)23-21-9-4-3-5-10-22(21)32-25(23)28(26(29)31)15-18-7-6-8-19(27)14-18/h6-8,11-14H,3-5,9-10,15H2,1-2H3. The summed E-state index contributed by atoms with van der Waals surface area (Å²) in [5.74, 6) is 0. The highest BCUT2D eigenvalue weighted by Crippen LogP contribution is 2.34. The molecule has 0 saturated heterocycles. The Morgan fingerprint density at radius 1 is 0.969 bits per heavy atom. The van der Waals surface area contributed by atoms with Crippen LogP contribution in [0.5, 0.6) is 0 Å². The summed E-state index contributed by atoms with van der Waals surface area (Å²) in [6.07, 6.45) is 5.26. The summed E-state index contributed by atoms with van der Waals surface area (Å²) in [7, 11) is 0. The number of aromatic nitrogens is 2. The molecule has 0 unspecified atom stereocenters. The van der Waals surface area contributed by atoms with Crippen LogP contribution < -0.4 is 11.2 Å². The zero-order valence-corrected chi connectivity index (χ0v) is 19.9. The first-order valence-corrected chi connectivity index (χ1v) is 12.3. The Bertz CT molecular complexity index is 1460. The molecule has 0 fully saturated rings. The van der Waals surface area contributed by atoms with Crippen LogP contribution in [0.2, 0.25) is 5.02 Å². The molecule has 1 aliphatic carbocycles. The van der Waals surface area contributed by atoms with Crippen molar-refractivity contribution in [1.82, 2.24) is 9.13 Å². The van der Waals surface area contributed by atoms with Gasteiger partial charge in [0.2, 0.25) is 0 Å². The van der Waals surface area contributed by atoms with Crippen molar-refractivity contribution in [3.8, 4) is 5.69 Å². The average Bonchev–Trinajstić information content (AvgIpc) is 2.96. The van der Waals surface area contributed by atoms with Crippen molar-refractivity contribution in [2.45, 2.75) is 52.5 Å². The molecule has 6 heteroatoms. The van der Waals surface area contributed by atoms with Crippen molar-refractivity contribution in [2.24, 2.45) is 0 Å². The molecule has 0 radical (unpaired) electrons. The highest BCUT2D eigenvalue weighted by molar-refractivity contribution is 7.18. The predicted octanol–water partition coefficient (Wildman–Crippen LogP) is 5.80. The first-order valence-electron chi connectivity index (χ1n) is 11.1. The maximum Gasteiger partial charge on any atom is 0.337 e. The van der Waals surface area contributed by atoms with Crippen LogP contribution in [0.15, 0.2) is 52.1 Å². The topological polar surface area (TPSA) is 44.0 Å². The van der Waals surface area contributed by atoms with Gasteiger partial charge >= 0.3 is 5.69 Å². The Morgan fingerprint density at radius 3 is 2.56 bits per heavy atom. The summed E-state index contributed by atoms with van der Waals surface area (Å²) in [5, 5.41) is 1.35. The Hall–Kier alpha value is -2.63. The predicted molar refractivity (Wildman–Crippen MR) is 133 cm³/mol. The number of aryl methyl sites for hydroxylation is 4. The lowest BCUT2D eigenvalue weighted by Gasteiger charge is -2.14. The van der Waals surface area contributed by atoms with Crippen LogP contribution >= 0.6 is 22.9 Å². The van der Waals surface area contributed by atoms with Gasteiger partial charge in [0.25, 0.3) is 5.56 Å². The van der Waals surface area contributed by atoms with Gasteiger partial charge in [0, 0.05) is 9.90 Å². The Kier molecular flexibility index (Phi) is 5.56. The second kappa shape index (κ2) is 8.38. The van der Waals surface area contributed by atoms with Crippen LogP contribution in [0.4, 0.5) is 0 Å². The van der Waals surface area contributed by atoms with E-state index < -0.39 is 0 Å². The Morgan fingerprint density at radius 2 is 1.78 bits per heavy atom. The third-order valence-corrected chi connectivity index (χ3v) is 8.02. The fraction of sp³-hybridized carbons (Fsp3) is 0.308. The maximum absolute atomic E-state index is 13.8. The quantitative estimate of drug-likeness (QED) is 0.359. The van der Waals surface area contributed by atoms with Crippen molar-refractivity contribution < 1.29 is 0 Å². The van der Waals surface area contributed by atoms with E-state index in [9.17, 15) is 9.59 Å². The highest BCUT2D eigenvalue weighted by atomic mass is 35.5. The lowest BCUT2D eigenvalue weighted by Crippen LogP contribution is -2.39. The molecule has 4 nitrogen and oxygen atoms in total. The van der Waals surface area contributed by atoms with Crippen LogP contribution in [-0.4, -0.2) is 9.13 Å². The molecule has 2 heterocycles. The summed E-state index contributed by atoms with van der Waals surface area (Å²) < 4.78 is 3.12. The summed E-state index contributed by atoms with van der Waals surface area (Å²) in [5.41, 5.74) is 4.39. The summed E-state index contributed by atoms with van der Waals surface area (Å²) in [6, 6.07) is 13.3. The SMILES string of the molecule is Cc1ccc(-n2c(=O)c3c4c(sc3n(Cc3cccc(Cl)c3)c2=O)CCCCC4)cc1C. The minimum absolute atomic E-state index is 0.199. The van der Waals surface area contributed by atoms with E-state index in [4.69, 9.17) is 11.6 Å². The number of benzene rings is 2. The van der Waals surface area contributed by atoms with Gasteiger partial charge in [0.1, 0.15) is 4.83 Å². The Balaban J connectivity index is 1.83. The minimum Gasteiger partial charge on any atom is -0.279 e. The maximum atomic E-state index is 13.8. The number of nitrogens with zero attached hydrogens (tertiary/aromatic N) is 2. The molecule has 0 N–H and O–H groups in total. The van der Waals surface area contributed by atoms with Gasteiger partial charge in [-0.25, -0.2) is 9.36 Å². The second-order valence-corrected chi connectivity index (χ2v) is 10.2.